The molecule has 0 unspecified atom stereocenters. The molecular weight excluding hydrogens is 486 g/mol. The van der Waals surface area contributed by atoms with Gasteiger partial charge in [-0.15, -0.1) is 0 Å². The number of anilines is 1. The van der Waals surface area contributed by atoms with Gasteiger partial charge < -0.3 is 14.5 Å². The third-order valence-corrected chi connectivity index (χ3v) is 5.24. The van der Waals surface area contributed by atoms with E-state index in [0.29, 0.717) is 16.8 Å². The molecule has 0 fully saturated rings. The van der Waals surface area contributed by atoms with Crippen LogP contribution in [0, 0.1) is 6.92 Å². The fourth-order valence-corrected chi connectivity index (χ4v) is 3.35. The smallest absolute Gasteiger partial charge is 0.343 e. The standard InChI is InChI=1S/C29H23N3O6/c1-19-6-4-8-22(18-19)29(36)38-24-9-3-2-7-20(24)13-16-26(33)31-32-27(34)21-11-14-23(15-12-21)30-28(35)25-10-5-17-37-25/h2-18H,1H3,(H,30,35)(H,31,33)(H,32,34)/b16-13+. The van der Waals surface area contributed by atoms with Crippen molar-refractivity contribution in [3.63, 3.8) is 0 Å². The Bertz CT molecular complexity index is 1490. The van der Waals surface area contributed by atoms with Crippen molar-refractivity contribution in [2.45, 2.75) is 6.92 Å². The number of para-hydroxylation sites is 1. The Labute approximate surface area is 218 Å². The number of esters is 1. The minimum atomic E-state index is -0.597. The molecule has 1 aromatic heterocycles. The predicted molar refractivity (Wildman–Crippen MR) is 140 cm³/mol. The average Bonchev–Trinajstić information content (AvgIpc) is 3.47. The minimum absolute atomic E-state index is 0.162. The van der Waals surface area contributed by atoms with Crippen molar-refractivity contribution in [1.82, 2.24) is 10.9 Å². The molecule has 3 aromatic carbocycles. The van der Waals surface area contributed by atoms with Crippen LogP contribution in [0.25, 0.3) is 6.08 Å². The van der Waals surface area contributed by atoms with Crippen LogP contribution < -0.4 is 20.9 Å². The Morgan fingerprint density at radius 3 is 2.32 bits per heavy atom. The van der Waals surface area contributed by atoms with Crippen LogP contribution in [0.15, 0.2) is 102 Å². The van der Waals surface area contributed by atoms with E-state index in [1.165, 1.54) is 36.6 Å². The molecular formula is C29H23N3O6. The predicted octanol–water partition coefficient (Wildman–Crippen LogP) is 4.53. The second kappa shape index (κ2) is 12.0. The molecule has 3 N–H and O–H groups in total. The van der Waals surface area contributed by atoms with Gasteiger partial charge in [-0.3, -0.25) is 25.2 Å². The third kappa shape index (κ3) is 6.82. The lowest BCUT2D eigenvalue weighted by Crippen LogP contribution is -2.40. The maximum absolute atomic E-state index is 12.5. The lowest BCUT2D eigenvalue weighted by atomic mass is 10.1. The topological polar surface area (TPSA) is 127 Å². The molecule has 0 atom stereocenters. The number of nitrogens with one attached hydrogen (secondary N) is 3. The fourth-order valence-electron chi connectivity index (χ4n) is 3.35. The molecule has 0 radical (unpaired) electrons. The summed E-state index contributed by atoms with van der Waals surface area (Å²) in [5.41, 5.74) is 7.19. The number of hydrazine groups is 1. The number of amides is 3. The van der Waals surface area contributed by atoms with Crippen LogP contribution in [0.3, 0.4) is 0 Å². The van der Waals surface area contributed by atoms with Gasteiger partial charge in [0.15, 0.2) is 5.76 Å². The Balaban J connectivity index is 1.30. The summed E-state index contributed by atoms with van der Waals surface area (Å²) >= 11 is 0. The summed E-state index contributed by atoms with van der Waals surface area (Å²) in [5, 5.41) is 2.65. The van der Waals surface area contributed by atoms with Gasteiger partial charge in [0, 0.05) is 22.9 Å². The van der Waals surface area contributed by atoms with Gasteiger partial charge in [-0.25, -0.2) is 4.79 Å². The summed E-state index contributed by atoms with van der Waals surface area (Å²) in [4.78, 5) is 49.1. The van der Waals surface area contributed by atoms with Crippen molar-refractivity contribution < 1.29 is 28.3 Å². The Morgan fingerprint density at radius 2 is 1.58 bits per heavy atom. The van der Waals surface area contributed by atoms with Gasteiger partial charge in [0.2, 0.25) is 0 Å². The number of carbonyl (C=O) groups excluding carboxylic acids is 4. The average molecular weight is 510 g/mol. The SMILES string of the molecule is Cc1cccc(C(=O)Oc2ccccc2/C=C/C(=O)NNC(=O)c2ccc(NC(=O)c3ccco3)cc2)c1. The van der Waals surface area contributed by atoms with E-state index >= 15 is 0 Å². The first kappa shape index (κ1) is 25.6. The number of hydrogen-bond acceptors (Lipinski definition) is 6. The van der Waals surface area contributed by atoms with E-state index in [2.05, 4.69) is 16.2 Å². The van der Waals surface area contributed by atoms with Gasteiger partial charge >= 0.3 is 5.97 Å². The highest BCUT2D eigenvalue weighted by molar-refractivity contribution is 6.03. The van der Waals surface area contributed by atoms with Gasteiger partial charge in [-0.05, 0) is 67.6 Å². The van der Waals surface area contributed by atoms with Crippen molar-refractivity contribution in [2.24, 2.45) is 0 Å². The second-order valence-corrected chi connectivity index (χ2v) is 8.08. The van der Waals surface area contributed by atoms with Crippen LogP contribution in [-0.2, 0) is 4.79 Å². The van der Waals surface area contributed by atoms with Crippen LogP contribution in [0.4, 0.5) is 5.69 Å². The molecule has 4 aromatic rings. The largest absolute Gasteiger partial charge is 0.459 e. The molecule has 0 spiro atoms. The number of furan rings is 1. The fraction of sp³-hybridized carbons (Fsp3) is 0.0345. The first-order valence-electron chi connectivity index (χ1n) is 11.5. The van der Waals surface area contributed by atoms with Crippen LogP contribution >= 0.6 is 0 Å². The second-order valence-electron chi connectivity index (χ2n) is 8.08. The molecule has 3 amide bonds. The number of rotatable bonds is 7. The summed E-state index contributed by atoms with van der Waals surface area (Å²) in [6, 6.07) is 23.0. The summed E-state index contributed by atoms with van der Waals surface area (Å²) in [6.45, 7) is 1.88. The molecule has 1 heterocycles. The van der Waals surface area contributed by atoms with E-state index in [-0.39, 0.29) is 17.1 Å². The number of aryl methyl sites for hydroxylation is 1. The van der Waals surface area contributed by atoms with Crippen molar-refractivity contribution >= 4 is 35.5 Å². The number of carbonyl (C=O) groups is 4. The third-order valence-electron chi connectivity index (χ3n) is 5.24. The molecule has 9 heteroatoms. The van der Waals surface area contributed by atoms with Gasteiger partial charge in [-0.1, -0.05) is 35.9 Å². The minimum Gasteiger partial charge on any atom is -0.459 e. The van der Waals surface area contributed by atoms with Gasteiger partial charge in [0.1, 0.15) is 5.75 Å². The lowest BCUT2D eigenvalue weighted by Gasteiger charge is -2.08. The summed E-state index contributed by atoms with van der Waals surface area (Å²) in [5.74, 6) is -1.64. The highest BCUT2D eigenvalue weighted by Gasteiger charge is 2.12. The van der Waals surface area contributed by atoms with E-state index < -0.39 is 23.7 Å². The molecule has 38 heavy (non-hydrogen) atoms. The number of benzene rings is 3. The Morgan fingerprint density at radius 1 is 0.789 bits per heavy atom. The van der Waals surface area contributed by atoms with Gasteiger partial charge in [0.05, 0.1) is 11.8 Å². The van der Waals surface area contributed by atoms with Crippen molar-refractivity contribution in [1.29, 1.82) is 0 Å². The lowest BCUT2D eigenvalue weighted by molar-refractivity contribution is -0.117. The molecule has 0 aliphatic heterocycles. The highest BCUT2D eigenvalue weighted by Crippen LogP contribution is 2.21. The molecule has 4 rings (SSSR count). The quantitative estimate of drug-likeness (QED) is 0.145. The van der Waals surface area contributed by atoms with Gasteiger partial charge in [-0.2, -0.15) is 0 Å². The number of ether oxygens (including phenoxy) is 1. The molecule has 0 aliphatic rings. The maximum Gasteiger partial charge on any atom is 0.343 e. The zero-order valence-corrected chi connectivity index (χ0v) is 20.3. The number of hydrogen-bond donors (Lipinski definition) is 3. The van der Waals surface area contributed by atoms with E-state index in [0.717, 1.165) is 5.56 Å². The van der Waals surface area contributed by atoms with E-state index in [4.69, 9.17) is 9.15 Å². The van der Waals surface area contributed by atoms with Crippen LogP contribution in [0.5, 0.6) is 5.75 Å². The molecule has 0 aliphatic carbocycles. The molecule has 190 valence electrons. The van der Waals surface area contributed by atoms with E-state index in [9.17, 15) is 19.2 Å². The monoisotopic (exact) mass is 509 g/mol. The van der Waals surface area contributed by atoms with Crippen LogP contribution in [0.1, 0.15) is 42.4 Å². The molecule has 0 saturated carbocycles. The van der Waals surface area contributed by atoms with Crippen LogP contribution in [0.2, 0.25) is 0 Å². The first-order valence-corrected chi connectivity index (χ1v) is 11.5. The first-order chi connectivity index (χ1) is 18.4. The van der Waals surface area contributed by atoms with Crippen molar-refractivity contribution in [3.05, 3.63) is 125 Å². The molecule has 0 saturated heterocycles. The van der Waals surface area contributed by atoms with E-state index in [1.54, 1.807) is 60.7 Å². The van der Waals surface area contributed by atoms with Crippen molar-refractivity contribution in [2.75, 3.05) is 5.32 Å². The summed E-state index contributed by atoms with van der Waals surface area (Å²) < 4.78 is 10.5. The summed E-state index contributed by atoms with van der Waals surface area (Å²) in [6.07, 6.45) is 4.07. The van der Waals surface area contributed by atoms with Crippen LogP contribution in [-0.4, -0.2) is 23.7 Å². The normalized spacial score (nSPS) is 10.6. The van der Waals surface area contributed by atoms with Crippen molar-refractivity contribution in [3.8, 4) is 5.75 Å². The summed E-state index contributed by atoms with van der Waals surface area (Å²) in [7, 11) is 0. The Hall–Kier alpha value is -5.44. The van der Waals surface area contributed by atoms with Gasteiger partial charge in [0.25, 0.3) is 17.7 Å². The highest BCUT2D eigenvalue weighted by atomic mass is 16.5. The molecule has 0 bridgehead atoms. The maximum atomic E-state index is 12.5. The van der Waals surface area contributed by atoms with E-state index in [1.807, 2.05) is 13.0 Å². The molecule has 9 nitrogen and oxygen atoms in total. The zero-order valence-electron chi connectivity index (χ0n) is 20.3. The zero-order chi connectivity index (χ0) is 26.9. The Kier molecular flexibility index (Phi) is 8.10.